The van der Waals surface area contributed by atoms with Crippen LogP contribution in [-0.2, 0) is 13.1 Å². The van der Waals surface area contributed by atoms with E-state index in [1.165, 1.54) is 23.3 Å². The maximum Gasteiger partial charge on any atom is 0.170 e. The predicted octanol–water partition coefficient (Wildman–Crippen LogP) is 3.52. The zero-order valence-electron chi connectivity index (χ0n) is 16.4. The number of halogens is 1. The van der Waals surface area contributed by atoms with Crippen LogP contribution in [0.25, 0.3) is 11.0 Å². The molecule has 1 atom stereocenters. The van der Waals surface area contributed by atoms with Gasteiger partial charge < -0.3 is 14.5 Å². The highest BCUT2D eigenvalue weighted by atomic mass is 19.1. The Morgan fingerprint density at radius 1 is 1.03 bits per heavy atom. The Balaban J connectivity index is 1.13. The molecule has 0 saturated carbocycles. The third-order valence-electron chi connectivity index (χ3n) is 6.28. The van der Waals surface area contributed by atoms with Crippen molar-refractivity contribution in [3.63, 3.8) is 0 Å². The summed E-state index contributed by atoms with van der Waals surface area (Å²) in [5.74, 6) is 0.0216. The van der Waals surface area contributed by atoms with E-state index in [1.54, 1.807) is 6.07 Å². The number of β-amino-alcohol motifs (C(OH)–C–C–N with tert-alkyl or cyclic N) is 1. The first-order chi connectivity index (χ1) is 14.2. The smallest absolute Gasteiger partial charge is 0.170 e. The van der Waals surface area contributed by atoms with Crippen molar-refractivity contribution < 1.29 is 14.0 Å². The van der Waals surface area contributed by atoms with Crippen molar-refractivity contribution in [3.8, 4) is 0 Å². The highest BCUT2D eigenvalue weighted by molar-refractivity contribution is 5.79. The quantitative estimate of drug-likeness (QED) is 0.716. The third kappa shape index (κ3) is 3.92. The topological polar surface area (TPSA) is 52.7 Å². The number of benzene rings is 2. The van der Waals surface area contributed by atoms with Crippen molar-refractivity contribution >= 4 is 11.0 Å². The second kappa shape index (κ2) is 7.86. The molecule has 3 heterocycles. The van der Waals surface area contributed by atoms with Crippen LogP contribution in [0.2, 0.25) is 0 Å². The fraction of sp³-hybridized carbons (Fsp3) is 0.435. The largest absolute Gasteiger partial charge is 0.390 e. The molecule has 2 aliphatic heterocycles. The van der Waals surface area contributed by atoms with Crippen molar-refractivity contribution in [3.05, 3.63) is 65.1 Å². The molecule has 0 aliphatic carbocycles. The lowest BCUT2D eigenvalue weighted by molar-refractivity contribution is 0.0634. The summed E-state index contributed by atoms with van der Waals surface area (Å²) >= 11 is 0. The van der Waals surface area contributed by atoms with Gasteiger partial charge in [-0.25, -0.2) is 4.39 Å². The van der Waals surface area contributed by atoms with Gasteiger partial charge in [0.1, 0.15) is 5.82 Å². The summed E-state index contributed by atoms with van der Waals surface area (Å²) < 4.78 is 18.7. The van der Waals surface area contributed by atoms with Gasteiger partial charge in [-0.1, -0.05) is 29.4 Å². The number of piperidine rings is 1. The molecule has 5 nitrogen and oxygen atoms in total. The summed E-state index contributed by atoms with van der Waals surface area (Å²) in [7, 11) is 0. The van der Waals surface area contributed by atoms with Crippen molar-refractivity contribution in [1.82, 2.24) is 15.0 Å². The van der Waals surface area contributed by atoms with Crippen LogP contribution in [0.3, 0.4) is 0 Å². The van der Waals surface area contributed by atoms with Crippen molar-refractivity contribution in [1.29, 1.82) is 0 Å². The van der Waals surface area contributed by atoms with Gasteiger partial charge in [0.2, 0.25) is 0 Å². The molecular weight excluding hydrogens is 369 g/mol. The summed E-state index contributed by atoms with van der Waals surface area (Å²) in [4.78, 5) is 4.66. The number of aromatic nitrogens is 1. The molecule has 29 heavy (non-hydrogen) atoms. The Labute approximate surface area is 169 Å². The molecule has 5 rings (SSSR count). The minimum atomic E-state index is -0.350. The van der Waals surface area contributed by atoms with E-state index in [0.717, 1.165) is 50.1 Å². The molecule has 1 saturated heterocycles. The summed E-state index contributed by atoms with van der Waals surface area (Å²) in [5.41, 5.74) is 4.21. The van der Waals surface area contributed by atoms with E-state index in [1.807, 2.05) is 0 Å². The summed E-state index contributed by atoms with van der Waals surface area (Å²) in [5, 5.41) is 15.7. The molecule has 2 aromatic carbocycles. The minimum Gasteiger partial charge on any atom is -0.390 e. The van der Waals surface area contributed by atoms with E-state index in [4.69, 9.17) is 4.52 Å². The van der Waals surface area contributed by atoms with Gasteiger partial charge in [-0.3, -0.25) is 4.90 Å². The second-order valence-electron chi connectivity index (χ2n) is 8.38. The molecule has 0 radical (unpaired) electrons. The number of aliphatic hydroxyl groups excluding tert-OH is 1. The normalized spacial score (nSPS) is 19.7. The molecule has 6 heteroatoms. The number of hydrogen-bond donors (Lipinski definition) is 1. The van der Waals surface area contributed by atoms with Gasteiger partial charge >= 0.3 is 0 Å². The average Bonchev–Trinajstić information content (AvgIpc) is 3.31. The molecule has 3 aromatic rings. The Kier molecular flexibility index (Phi) is 5.08. The van der Waals surface area contributed by atoms with Gasteiger partial charge in [-0.05, 0) is 49.2 Å². The van der Waals surface area contributed by atoms with Crippen molar-refractivity contribution in [2.24, 2.45) is 0 Å². The molecule has 1 fully saturated rings. The van der Waals surface area contributed by atoms with Gasteiger partial charge in [0, 0.05) is 43.5 Å². The lowest BCUT2D eigenvalue weighted by Crippen LogP contribution is -2.42. The Morgan fingerprint density at radius 2 is 1.72 bits per heavy atom. The maximum atomic E-state index is 13.4. The molecule has 1 unspecified atom stereocenters. The highest BCUT2D eigenvalue weighted by Gasteiger charge is 2.27. The maximum absolute atomic E-state index is 13.4. The summed E-state index contributed by atoms with van der Waals surface area (Å²) in [6.07, 6.45) is 1.60. The molecular formula is C23H26FN3O2. The van der Waals surface area contributed by atoms with Gasteiger partial charge in [-0.15, -0.1) is 0 Å². The van der Waals surface area contributed by atoms with E-state index in [2.05, 4.69) is 39.2 Å². The van der Waals surface area contributed by atoms with Crippen molar-refractivity contribution in [2.75, 3.05) is 26.2 Å². The van der Waals surface area contributed by atoms with Crippen LogP contribution in [0.15, 0.2) is 47.0 Å². The van der Waals surface area contributed by atoms with E-state index in [0.29, 0.717) is 24.6 Å². The predicted molar refractivity (Wildman–Crippen MR) is 109 cm³/mol. The van der Waals surface area contributed by atoms with Crippen molar-refractivity contribution in [2.45, 2.75) is 38.0 Å². The first-order valence-corrected chi connectivity index (χ1v) is 10.4. The standard InChI is InChI=1S/C23H26FN3O2/c24-19-5-6-21-22(11-19)29-25-23(21)16-7-9-26(10-8-16)14-20(28)15-27-12-17-3-1-2-4-18(17)13-27/h1-6,11,16,20,28H,7-10,12-15H2. The average molecular weight is 395 g/mol. The lowest BCUT2D eigenvalue weighted by atomic mass is 9.91. The third-order valence-corrected chi connectivity index (χ3v) is 6.28. The number of fused-ring (bicyclic) bond motifs is 2. The zero-order valence-corrected chi connectivity index (χ0v) is 16.4. The Morgan fingerprint density at radius 3 is 2.45 bits per heavy atom. The Hall–Kier alpha value is -2.28. The molecule has 0 amide bonds. The summed E-state index contributed by atoms with van der Waals surface area (Å²) in [6, 6.07) is 13.1. The molecule has 2 aliphatic rings. The first kappa shape index (κ1) is 18.7. The Bertz CT molecular complexity index is 972. The molecule has 152 valence electrons. The van der Waals surface area contributed by atoms with Crippen LogP contribution >= 0.6 is 0 Å². The fourth-order valence-corrected chi connectivity index (χ4v) is 4.80. The van der Waals surface area contributed by atoms with Gasteiger partial charge in [0.05, 0.1) is 11.8 Å². The fourth-order valence-electron chi connectivity index (χ4n) is 4.80. The van der Waals surface area contributed by atoms with Gasteiger partial charge in [-0.2, -0.15) is 0 Å². The minimum absolute atomic E-state index is 0.301. The van der Waals surface area contributed by atoms with E-state index in [-0.39, 0.29) is 11.9 Å². The number of hydrogen-bond acceptors (Lipinski definition) is 5. The van der Waals surface area contributed by atoms with Crippen LogP contribution in [0.4, 0.5) is 4.39 Å². The molecule has 0 bridgehead atoms. The molecule has 1 N–H and O–H groups in total. The molecule has 1 aromatic heterocycles. The number of aliphatic hydroxyl groups is 1. The van der Waals surface area contributed by atoms with Crippen LogP contribution in [-0.4, -0.2) is 52.3 Å². The van der Waals surface area contributed by atoms with Gasteiger partial charge in [0.25, 0.3) is 0 Å². The second-order valence-corrected chi connectivity index (χ2v) is 8.38. The molecule has 0 spiro atoms. The van der Waals surface area contributed by atoms with Crippen LogP contribution in [0, 0.1) is 5.82 Å². The monoisotopic (exact) mass is 395 g/mol. The number of rotatable bonds is 5. The number of nitrogens with zero attached hydrogens (tertiary/aromatic N) is 3. The summed E-state index contributed by atoms with van der Waals surface area (Å²) in [6.45, 7) is 5.11. The van der Waals surface area contributed by atoms with Gasteiger partial charge in [0.15, 0.2) is 5.58 Å². The van der Waals surface area contributed by atoms with Crippen LogP contribution in [0.1, 0.15) is 35.6 Å². The van der Waals surface area contributed by atoms with Crippen LogP contribution < -0.4 is 0 Å². The number of likely N-dealkylation sites (tertiary alicyclic amines) is 1. The highest BCUT2D eigenvalue weighted by Crippen LogP contribution is 2.33. The first-order valence-electron chi connectivity index (χ1n) is 10.4. The lowest BCUT2D eigenvalue weighted by Gasteiger charge is -2.33. The van der Waals surface area contributed by atoms with E-state index >= 15 is 0 Å². The zero-order chi connectivity index (χ0) is 19.8. The van der Waals surface area contributed by atoms with E-state index < -0.39 is 0 Å². The van der Waals surface area contributed by atoms with Crippen LogP contribution in [0.5, 0.6) is 0 Å². The van der Waals surface area contributed by atoms with E-state index in [9.17, 15) is 9.50 Å². The SMILES string of the molecule is OC(CN1CCC(c2noc3cc(F)ccc23)CC1)CN1Cc2ccccc2C1.